The fraction of sp³-hybridized carbons (Fsp3) is 0.632. The maximum atomic E-state index is 17.8. The predicted molar refractivity (Wildman–Crippen MR) is 182 cm³/mol. The first-order chi connectivity index (χ1) is 24.2. The Bertz CT molecular complexity index is 1560. The summed E-state index contributed by atoms with van der Waals surface area (Å²) in [6.07, 6.45) is -0.423. The number of anilines is 1. The molecule has 2 aromatic rings. The second kappa shape index (κ2) is 14.5. The second-order valence-corrected chi connectivity index (χ2v) is 15.1. The molecule has 4 aliphatic rings. The quantitative estimate of drug-likeness (QED) is 0.290. The maximum Gasteiger partial charge on any atom is 0.416 e. The summed E-state index contributed by atoms with van der Waals surface area (Å²) >= 11 is 0. The van der Waals surface area contributed by atoms with Crippen molar-refractivity contribution in [3.05, 3.63) is 59.2 Å². The van der Waals surface area contributed by atoms with E-state index in [-0.39, 0.29) is 56.3 Å². The van der Waals surface area contributed by atoms with Crippen molar-refractivity contribution in [1.82, 2.24) is 9.80 Å². The van der Waals surface area contributed by atoms with Crippen LogP contribution < -0.4 is 9.64 Å². The van der Waals surface area contributed by atoms with Gasteiger partial charge in [-0.2, -0.15) is 13.2 Å². The number of amides is 1. The molecule has 3 saturated heterocycles. The second-order valence-electron chi connectivity index (χ2n) is 15.1. The summed E-state index contributed by atoms with van der Waals surface area (Å²) < 4.78 is 87.6. The van der Waals surface area contributed by atoms with Gasteiger partial charge in [0, 0.05) is 63.4 Å². The molecule has 3 heterocycles. The molecule has 280 valence electrons. The molecule has 3 aliphatic heterocycles. The first-order valence-electron chi connectivity index (χ1n) is 17.9. The Kier molecular flexibility index (Phi) is 10.6. The van der Waals surface area contributed by atoms with Gasteiger partial charge in [-0.25, -0.2) is 8.78 Å². The van der Waals surface area contributed by atoms with Crippen molar-refractivity contribution in [2.75, 3.05) is 65.0 Å². The van der Waals surface area contributed by atoms with Gasteiger partial charge >= 0.3 is 12.1 Å². The number of aliphatic carboxylic acids is 1. The normalized spacial score (nSPS) is 30.9. The van der Waals surface area contributed by atoms with E-state index in [1.165, 1.54) is 25.2 Å². The summed E-state index contributed by atoms with van der Waals surface area (Å²) in [4.78, 5) is 31.1. The number of rotatable bonds is 9. The topological polar surface area (TPSA) is 82.6 Å². The highest BCUT2D eigenvalue weighted by Crippen LogP contribution is 2.49. The van der Waals surface area contributed by atoms with Gasteiger partial charge in [-0.05, 0) is 79.8 Å². The molecule has 6 rings (SSSR count). The summed E-state index contributed by atoms with van der Waals surface area (Å²) in [5.41, 5.74) is -4.53. The lowest BCUT2D eigenvalue weighted by Gasteiger charge is -2.36. The molecular weight excluding hydrogens is 673 g/mol. The van der Waals surface area contributed by atoms with E-state index in [1.807, 2.05) is 0 Å². The molecule has 4 atom stereocenters. The van der Waals surface area contributed by atoms with Crippen molar-refractivity contribution < 1.29 is 46.1 Å². The van der Waals surface area contributed by atoms with Gasteiger partial charge in [0.05, 0.1) is 31.7 Å². The number of halogens is 5. The lowest BCUT2D eigenvalue weighted by Crippen LogP contribution is -2.51. The molecular formula is C38H48F5N3O5. The van der Waals surface area contributed by atoms with Crippen molar-refractivity contribution in [3.63, 3.8) is 0 Å². The van der Waals surface area contributed by atoms with Crippen molar-refractivity contribution >= 4 is 17.6 Å². The Hall–Kier alpha value is -3.45. The number of likely N-dealkylation sites (tertiary alicyclic amines) is 2. The number of carboxylic acids is 1. The minimum atomic E-state index is -4.68. The van der Waals surface area contributed by atoms with Crippen LogP contribution in [0.1, 0.15) is 74.0 Å². The fourth-order valence-corrected chi connectivity index (χ4v) is 8.87. The van der Waals surface area contributed by atoms with E-state index in [1.54, 1.807) is 29.2 Å². The van der Waals surface area contributed by atoms with Gasteiger partial charge in [0.1, 0.15) is 5.75 Å². The number of nitrogens with zero attached hydrogens (tertiary/aromatic N) is 3. The van der Waals surface area contributed by atoms with Crippen LogP contribution in [0.5, 0.6) is 5.75 Å². The number of carbonyl (C=O) groups is 2. The first-order valence-corrected chi connectivity index (χ1v) is 17.9. The zero-order chi connectivity index (χ0) is 36.7. The Labute approximate surface area is 295 Å². The Morgan fingerprint density at radius 3 is 2.16 bits per heavy atom. The number of ether oxygens (including phenoxy) is 2. The summed E-state index contributed by atoms with van der Waals surface area (Å²) in [7, 11) is 2.84. The zero-order valence-electron chi connectivity index (χ0n) is 29.4. The van der Waals surface area contributed by atoms with Crippen LogP contribution in [0.4, 0.5) is 27.6 Å². The molecule has 8 nitrogen and oxygen atoms in total. The summed E-state index contributed by atoms with van der Waals surface area (Å²) in [5, 5.41) is 9.50. The predicted octanol–water partition coefficient (Wildman–Crippen LogP) is 6.68. The third kappa shape index (κ3) is 7.42. The first kappa shape index (κ1) is 37.3. The summed E-state index contributed by atoms with van der Waals surface area (Å²) in [6.45, 7) is 1.50. The average Bonchev–Trinajstić information content (AvgIpc) is 3.65. The molecule has 2 aromatic carbocycles. The number of benzene rings is 2. The zero-order valence-corrected chi connectivity index (χ0v) is 29.4. The number of carbonyl (C=O) groups excluding carboxylic acids is 1. The lowest BCUT2D eigenvalue weighted by atomic mass is 9.84. The molecule has 0 bridgehead atoms. The van der Waals surface area contributed by atoms with Crippen LogP contribution in [0.3, 0.4) is 0 Å². The standard InChI is InChI=1S/C38H48F5N3O5/c1-24-4-9-28(10-5-24)45-19-31(25-6-11-29(51-3)12-7-25)37(40,22-45)35(49)46-20-32(36(39,21-46)23-50-2)30-13-8-27(38(41,42)43)18-33(30)44-16-14-26(15-17-44)34(47)48/h6-8,11-13,18,24,26,28,31-32H,4-5,9-10,14-17,19-23H2,1-3H3,(H,47,48)/t24-,28-,31-,32+,36-,37-/m0/s1. The molecule has 4 fully saturated rings. The van der Waals surface area contributed by atoms with Gasteiger partial charge in [-0.15, -0.1) is 0 Å². The smallest absolute Gasteiger partial charge is 0.416 e. The van der Waals surface area contributed by atoms with Crippen LogP contribution in [-0.4, -0.2) is 104 Å². The van der Waals surface area contributed by atoms with Crippen molar-refractivity contribution in [2.45, 2.75) is 80.8 Å². The van der Waals surface area contributed by atoms with E-state index < -0.39 is 65.9 Å². The molecule has 0 spiro atoms. The van der Waals surface area contributed by atoms with Crippen LogP contribution >= 0.6 is 0 Å². The van der Waals surface area contributed by atoms with E-state index in [0.29, 0.717) is 23.8 Å². The monoisotopic (exact) mass is 721 g/mol. The molecule has 0 radical (unpaired) electrons. The fourth-order valence-electron chi connectivity index (χ4n) is 8.87. The number of alkyl halides is 5. The number of hydrogen-bond acceptors (Lipinski definition) is 6. The number of piperidine rings is 1. The third-order valence-corrected chi connectivity index (χ3v) is 11.8. The van der Waals surface area contributed by atoms with E-state index in [9.17, 15) is 27.9 Å². The van der Waals surface area contributed by atoms with Gasteiger partial charge in [0.15, 0.2) is 5.67 Å². The van der Waals surface area contributed by atoms with Crippen LogP contribution in [-0.2, 0) is 20.5 Å². The number of methoxy groups -OCH3 is 2. The SMILES string of the molecule is COC[C@@]1(F)CN(C(=O)[C@]2(F)CN([C@H]3CC[C@H](C)CC3)C[C@H]2c2ccc(OC)cc2)C[C@@H]1c1ccc(C(F)(F)F)cc1N1CCC(C(=O)O)CC1. The molecule has 1 saturated carbocycles. The van der Waals surface area contributed by atoms with Crippen LogP contribution in [0.25, 0.3) is 0 Å². The van der Waals surface area contributed by atoms with Crippen molar-refractivity contribution in [2.24, 2.45) is 11.8 Å². The number of hydrogen-bond donors (Lipinski definition) is 1. The summed E-state index contributed by atoms with van der Waals surface area (Å²) in [5.74, 6) is -3.23. The highest BCUT2D eigenvalue weighted by atomic mass is 19.4. The van der Waals surface area contributed by atoms with E-state index in [2.05, 4.69) is 11.8 Å². The molecule has 1 amide bonds. The van der Waals surface area contributed by atoms with E-state index in [0.717, 1.165) is 37.8 Å². The van der Waals surface area contributed by atoms with Crippen LogP contribution in [0, 0.1) is 11.8 Å². The van der Waals surface area contributed by atoms with Crippen molar-refractivity contribution in [1.29, 1.82) is 0 Å². The van der Waals surface area contributed by atoms with Gasteiger partial charge < -0.3 is 24.4 Å². The average molecular weight is 722 g/mol. The third-order valence-electron chi connectivity index (χ3n) is 11.8. The molecule has 13 heteroatoms. The van der Waals surface area contributed by atoms with Crippen molar-refractivity contribution in [3.8, 4) is 5.75 Å². The molecule has 51 heavy (non-hydrogen) atoms. The molecule has 0 aromatic heterocycles. The Balaban J connectivity index is 1.34. The van der Waals surface area contributed by atoms with Gasteiger partial charge in [-0.3, -0.25) is 14.5 Å². The number of carboxylic acid groups (broad SMARTS) is 1. The van der Waals surface area contributed by atoms with Gasteiger partial charge in [0.2, 0.25) is 5.67 Å². The van der Waals surface area contributed by atoms with Crippen LogP contribution in [0.15, 0.2) is 42.5 Å². The van der Waals surface area contributed by atoms with E-state index in [4.69, 9.17) is 9.47 Å². The molecule has 1 N–H and O–H groups in total. The largest absolute Gasteiger partial charge is 0.497 e. The molecule has 1 aliphatic carbocycles. The van der Waals surface area contributed by atoms with Gasteiger partial charge in [0.25, 0.3) is 5.91 Å². The Morgan fingerprint density at radius 1 is 0.902 bits per heavy atom. The molecule has 0 unspecified atom stereocenters. The minimum absolute atomic E-state index is 0.118. The van der Waals surface area contributed by atoms with Gasteiger partial charge in [-0.1, -0.05) is 25.1 Å². The summed E-state index contributed by atoms with van der Waals surface area (Å²) in [6, 6.07) is 10.2. The van der Waals surface area contributed by atoms with Crippen LogP contribution in [0.2, 0.25) is 0 Å². The lowest BCUT2D eigenvalue weighted by molar-refractivity contribution is -0.144. The minimum Gasteiger partial charge on any atom is -0.497 e. The highest BCUT2D eigenvalue weighted by Gasteiger charge is 2.60. The Morgan fingerprint density at radius 2 is 1.57 bits per heavy atom. The van der Waals surface area contributed by atoms with E-state index >= 15 is 8.78 Å². The highest BCUT2D eigenvalue weighted by molar-refractivity contribution is 5.88. The maximum absolute atomic E-state index is 17.8.